The number of nitrogens with one attached hydrogen (secondary N) is 1. The number of fused-ring (bicyclic) bond motifs is 1. The van der Waals surface area contributed by atoms with Gasteiger partial charge < -0.3 is 9.88 Å². The van der Waals surface area contributed by atoms with Gasteiger partial charge in [-0.3, -0.25) is 9.59 Å². The molecule has 0 aliphatic carbocycles. The van der Waals surface area contributed by atoms with Crippen LogP contribution in [0.5, 0.6) is 0 Å². The Bertz CT molecular complexity index is 1030. The second-order valence-electron chi connectivity index (χ2n) is 6.42. The van der Waals surface area contributed by atoms with Crippen LogP contribution in [0.2, 0.25) is 5.02 Å². The van der Waals surface area contributed by atoms with Crippen molar-refractivity contribution in [2.24, 2.45) is 0 Å². The van der Waals surface area contributed by atoms with Crippen molar-refractivity contribution in [1.29, 1.82) is 0 Å². The first-order valence-electron chi connectivity index (χ1n) is 8.51. The van der Waals surface area contributed by atoms with Crippen molar-refractivity contribution in [3.63, 3.8) is 0 Å². The Labute approximate surface area is 154 Å². The minimum Gasteiger partial charge on any atom is -0.339 e. The van der Waals surface area contributed by atoms with E-state index in [1.165, 1.54) is 12.3 Å². The zero-order chi connectivity index (χ0) is 18.1. The van der Waals surface area contributed by atoms with Gasteiger partial charge in [0.1, 0.15) is 5.02 Å². The number of pyridine rings is 3. The number of halogens is 1. The summed E-state index contributed by atoms with van der Waals surface area (Å²) in [5.74, 6) is 0.194. The molecule has 4 rings (SSSR count). The molecule has 1 aliphatic rings. The fourth-order valence-electron chi connectivity index (χ4n) is 3.34. The molecule has 0 radical (unpaired) electrons. The fourth-order valence-corrected chi connectivity index (χ4v) is 3.51. The SMILES string of the molecule is O=C(c1c[nH]c(=O)c(Cl)c1)N1CCC(c2ccc3cccnc3n2)CC1. The Morgan fingerprint density at radius 2 is 2.04 bits per heavy atom. The molecular weight excluding hydrogens is 352 g/mol. The van der Waals surface area contributed by atoms with Crippen LogP contribution in [0.4, 0.5) is 0 Å². The van der Waals surface area contributed by atoms with Crippen LogP contribution in [-0.4, -0.2) is 38.8 Å². The van der Waals surface area contributed by atoms with E-state index in [0.717, 1.165) is 29.6 Å². The topological polar surface area (TPSA) is 79.0 Å². The van der Waals surface area contributed by atoms with E-state index >= 15 is 0 Å². The summed E-state index contributed by atoms with van der Waals surface area (Å²) >= 11 is 5.82. The van der Waals surface area contributed by atoms with Gasteiger partial charge in [0.15, 0.2) is 5.65 Å². The van der Waals surface area contributed by atoms with Crippen LogP contribution in [-0.2, 0) is 0 Å². The van der Waals surface area contributed by atoms with Gasteiger partial charge in [-0.25, -0.2) is 9.97 Å². The van der Waals surface area contributed by atoms with Gasteiger partial charge >= 0.3 is 0 Å². The van der Waals surface area contributed by atoms with Crippen molar-refractivity contribution in [2.75, 3.05) is 13.1 Å². The predicted molar refractivity (Wildman–Crippen MR) is 99.5 cm³/mol. The molecule has 3 aromatic heterocycles. The summed E-state index contributed by atoms with van der Waals surface area (Å²) in [4.78, 5) is 37.2. The highest BCUT2D eigenvalue weighted by molar-refractivity contribution is 6.30. The Balaban J connectivity index is 1.46. The van der Waals surface area contributed by atoms with Crippen molar-refractivity contribution < 1.29 is 4.79 Å². The van der Waals surface area contributed by atoms with E-state index < -0.39 is 5.56 Å². The van der Waals surface area contributed by atoms with E-state index in [4.69, 9.17) is 11.6 Å². The van der Waals surface area contributed by atoms with Crippen LogP contribution < -0.4 is 5.56 Å². The minimum absolute atomic E-state index is 0.0265. The quantitative estimate of drug-likeness (QED) is 0.754. The zero-order valence-corrected chi connectivity index (χ0v) is 14.7. The molecule has 3 aromatic rings. The summed E-state index contributed by atoms with van der Waals surface area (Å²) < 4.78 is 0. The molecule has 0 unspecified atom stereocenters. The number of carbonyl (C=O) groups is 1. The van der Waals surface area contributed by atoms with E-state index in [-0.39, 0.29) is 10.9 Å². The maximum absolute atomic E-state index is 12.6. The highest BCUT2D eigenvalue weighted by atomic mass is 35.5. The maximum atomic E-state index is 12.6. The van der Waals surface area contributed by atoms with Gasteiger partial charge in [0.05, 0.1) is 5.56 Å². The van der Waals surface area contributed by atoms with Crippen molar-refractivity contribution in [1.82, 2.24) is 19.9 Å². The summed E-state index contributed by atoms with van der Waals surface area (Å²) in [6.45, 7) is 1.28. The van der Waals surface area contributed by atoms with Crippen LogP contribution >= 0.6 is 11.6 Å². The molecule has 1 aliphatic heterocycles. The number of piperidine rings is 1. The van der Waals surface area contributed by atoms with Gasteiger partial charge in [-0.05, 0) is 43.2 Å². The molecule has 132 valence electrons. The van der Waals surface area contributed by atoms with E-state index in [1.54, 1.807) is 11.1 Å². The number of hydrogen-bond donors (Lipinski definition) is 1. The van der Waals surface area contributed by atoms with Crippen LogP contribution in [0.25, 0.3) is 11.0 Å². The normalized spacial score (nSPS) is 15.3. The van der Waals surface area contributed by atoms with E-state index in [0.29, 0.717) is 24.6 Å². The number of carbonyl (C=O) groups excluding carboxylic acids is 1. The summed E-state index contributed by atoms with van der Waals surface area (Å²) in [6.07, 6.45) is 4.84. The average molecular weight is 369 g/mol. The Kier molecular flexibility index (Phi) is 4.42. The molecule has 1 saturated heterocycles. The second-order valence-corrected chi connectivity index (χ2v) is 6.83. The molecule has 0 bridgehead atoms. The molecule has 1 fully saturated rings. The molecule has 0 atom stereocenters. The molecule has 1 amide bonds. The number of likely N-dealkylation sites (tertiary alicyclic amines) is 1. The van der Waals surface area contributed by atoms with Crippen LogP contribution in [0.1, 0.15) is 34.8 Å². The van der Waals surface area contributed by atoms with E-state index in [9.17, 15) is 9.59 Å². The molecule has 0 spiro atoms. The number of aromatic amines is 1. The van der Waals surface area contributed by atoms with E-state index in [2.05, 4.69) is 15.0 Å². The Morgan fingerprint density at radius 1 is 1.23 bits per heavy atom. The highest BCUT2D eigenvalue weighted by Crippen LogP contribution is 2.28. The third kappa shape index (κ3) is 3.20. The van der Waals surface area contributed by atoms with Crippen LogP contribution in [0, 0.1) is 0 Å². The average Bonchev–Trinajstić information content (AvgIpc) is 2.69. The number of hydrogen-bond acceptors (Lipinski definition) is 4. The lowest BCUT2D eigenvalue weighted by atomic mass is 9.92. The lowest BCUT2D eigenvalue weighted by Gasteiger charge is -2.31. The fraction of sp³-hybridized carbons (Fsp3) is 0.263. The smallest absolute Gasteiger partial charge is 0.266 e. The van der Waals surface area contributed by atoms with Crippen molar-refractivity contribution >= 4 is 28.5 Å². The highest BCUT2D eigenvalue weighted by Gasteiger charge is 2.25. The molecule has 0 aromatic carbocycles. The monoisotopic (exact) mass is 368 g/mol. The van der Waals surface area contributed by atoms with Gasteiger partial charge in [0.2, 0.25) is 0 Å². The third-order valence-corrected chi connectivity index (χ3v) is 5.07. The molecule has 6 nitrogen and oxygen atoms in total. The van der Waals surface area contributed by atoms with Crippen molar-refractivity contribution in [3.8, 4) is 0 Å². The van der Waals surface area contributed by atoms with Gasteiger partial charge in [0.25, 0.3) is 11.5 Å². The van der Waals surface area contributed by atoms with Crippen molar-refractivity contribution in [2.45, 2.75) is 18.8 Å². The third-order valence-electron chi connectivity index (χ3n) is 4.79. The molecule has 1 N–H and O–H groups in total. The standard InChI is InChI=1S/C19H17ClN4O2/c20-15-10-14(11-22-18(15)25)19(26)24-8-5-12(6-9-24)16-4-3-13-2-1-7-21-17(13)23-16/h1-4,7,10-12H,5-6,8-9H2,(H,22,25). The lowest BCUT2D eigenvalue weighted by Crippen LogP contribution is -2.38. The first-order chi connectivity index (χ1) is 12.6. The van der Waals surface area contributed by atoms with Gasteiger partial charge in [0, 0.05) is 42.5 Å². The predicted octanol–water partition coefficient (Wildman–Crippen LogP) is 2.99. The minimum atomic E-state index is -0.391. The first-order valence-corrected chi connectivity index (χ1v) is 8.89. The summed E-state index contributed by atoms with van der Waals surface area (Å²) in [5, 5.41) is 1.05. The van der Waals surface area contributed by atoms with Crippen LogP contribution in [0.3, 0.4) is 0 Å². The summed E-state index contributed by atoms with van der Waals surface area (Å²) in [6, 6.07) is 9.41. The number of nitrogens with zero attached hydrogens (tertiary/aromatic N) is 3. The van der Waals surface area contributed by atoms with Gasteiger partial charge in [-0.15, -0.1) is 0 Å². The maximum Gasteiger partial charge on any atom is 0.266 e. The number of H-pyrrole nitrogens is 1. The molecule has 7 heteroatoms. The molecule has 4 heterocycles. The first kappa shape index (κ1) is 16.7. The molecular formula is C19H17ClN4O2. The Morgan fingerprint density at radius 3 is 2.81 bits per heavy atom. The van der Waals surface area contributed by atoms with Gasteiger partial charge in [-0.2, -0.15) is 0 Å². The number of aromatic nitrogens is 3. The summed E-state index contributed by atoms with van der Waals surface area (Å²) in [7, 11) is 0. The molecule has 0 saturated carbocycles. The molecule has 26 heavy (non-hydrogen) atoms. The zero-order valence-electron chi connectivity index (χ0n) is 14.0. The largest absolute Gasteiger partial charge is 0.339 e. The number of rotatable bonds is 2. The second kappa shape index (κ2) is 6.88. The number of amides is 1. The van der Waals surface area contributed by atoms with Crippen molar-refractivity contribution in [3.05, 3.63) is 69.4 Å². The van der Waals surface area contributed by atoms with Crippen LogP contribution in [0.15, 0.2) is 47.5 Å². The van der Waals surface area contributed by atoms with Gasteiger partial charge in [-0.1, -0.05) is 11.6 Å². The lowest BCUT2D eigenvalue weighted by molar-refractivity contribution is 0.0711. The van der Waals surface area contributed by atoms with E-state index in [1.807, 2.05) is 24.3 Å². The summed E-state index contributed by atoms with van der Waals surface area (Å²) in [5.41, 5.74) is 1.79. The Hall–Kier alpha value is -2.73.